The van der Waals surface area contributed by atoms with Crippen LogP contribution >= 0.6 is 0 Å². The maximum absolute atomic E-state index is 7.66. The Labute approximate surface area is 82.1 Å². The number of aromatic nitrogens is 1. The molecule has 14 heavy (non-hydrogen) atoms. The van der Waals surface area contributed by atoms with Crippen LogP contribution < -0.4 is 10.5 Å². The Hall–Kier alpha value is -1.91. The largest absolute Gasteiger partial charge is 0.492 e. The maximum Gasteiger partial charge on any atom is 0.170 e. The van der Waals surface area contributed by atoms with Gasteiger partial charge in [-0.3, -0.25) is 10.4 Å². The number of hydrogen-bond donors (Lipinski definition) is 2. The van der Waals surface area contributed by atoms with Crippen molar-refractivity contribution in [2.45, 2.75) is 0 Å². The highest BCUT2D eigenvalue weighted by atomic mass is 16.5. The summed E-state index contributed by atoms with van der Waals surface area (Å²) in [6.07, 6.45) is 2.96. The molecule has 0 aliphatic heterocycles. The van der Waals surface area contributed by atoms with Crippen molar-refractivity contribution in [3.63, 3.8) is 0 Å². The first-order valence-corrected chi connectivity index (χ1v) is 4.00. The molecular weight excluding hydrogens is 180 g/mol. The Bertz CT molecular complexity index is 373. The fourth-order valence-electron chi connectivity index (χ4n) is 1.09. The van der Waals surface area contributed by atoms with Gasteiger partial charge in [0.1, 0.15) is 0 Å². The summed E-state index contributed by atoms with van der Waals surface area (Å²) in [5, 5.41) is 7.66. The van der Waals surface area contributed by atoms with Gasteiger partial charge in [-0.2, -0.15) is 0 Å². The lowest BCUT2D eigenvalue weighted by atomic mass is 10.1. The molecule has 0 saturated carbocycles. The molecule has 1 aromatic rings. The van der Waals surface area contributed by atoms with Crippen molar-refractivity contribution < 1.29 is 4.74 Å². The van der Waals surface area contributed by atoms with Gasteiger partial charge in [0.05, 0.1) is 12.8 Å². The van der Waals surface area contributed by atoms with Gasteiger partial charge >= 0.3 is 0 Å². The molecule has 1 aromatic heterocycles. The Balaban J connectivity index is 3.20. The van der Waals surface area contributed by atoms with Crippen LogP contribution in [0.2, 0.25) is 0 Å². The predicted molar refractivity (Wildman–Crippen MR) is 56.4 cm³/mol. The van der Waals surface area contributed by atoms with Crippen molar-refractivity contribution in [2.24, 2.45) is 4.99 Å². The van der Waals surface area contributed by atoms with Crippen LogP contribution in [0.5, 0.6) is 5.75 Å². The zero-order valence-corrected chi connectivity index (χ0v) is 8.11. The number of anilines is 1. The second-order valence-electron chi connectivity index (χ2n) is 2.58. The van der Waals surface area contributed by atoms with Crippen molar-refractivity contribution >= 4 is 17.7 Å². The smallest absolute Gasteiger partial charge is 0.170 e. The molecule has 5 nitrogen and oxygen atoms in total. The van der Waals surface area contributed by atoms with E-state index in [2.05, 4.69) is 9.98 Å². The monoisotopic (exact) mass is 192 g/mol. The molecule has 3 N–H and O–H groups in total. The molecular formula is C9H12N4O. The summed E-state index contributed by atoms with van der Waals surface area (Å²) in [4.78, 5) is 7.62. The summed E-state index contributed by atoms with van der Waals surface area (Å²) < 4.78 is 5.05. The number of pyridine rings is 1. The van der Waals surface area contributed by atoms with Crippen LogP contribution in [-0.2, 0) is 0 Å². The number of methoxy groups -OCH3 is 1. The molecule has 0 unspecified atom stereocenters. The Morgan fingerprint density at radius 3 is 3.00 bits per heavy atom. The molecule has 0 atom stereocenters. The summed E-state index contributed by atoms with van der Waals surface area (Å²) in [6.45, 7) is 0. The molecule has 5 heteroatoms. The number of rotatable bonds is 3. The summed E-state index contributed by atoms with van der Waals surface area (Å²) in [7, 11) is 3.10. The van der Waals surface area contributed by atoms with E-state index in [1.165, 1.54) is 19.5 Å². The number of nitrogens with two attached hydrogens (primary N) is 1. The molecule has 0 aliphatic rings. The lowest BCUT2D eigenvalue weighted by molar-refractivity contribution is 0.414. The van der Waals surface area contributed by atoms with Gasteiger partial charge in [0.15, 0.2) is 11.6 Å². The van der Waals surface area contributed by atoms with Gasteiger partial charge in [0.2, 0.25) is 0 Å². The normalized spacial score (nSPS) is 10.4. The first-order valence-electron chi connectivity index (χ1n) is 4.00. The van der Waals surface area contributed by atoms with Gasteiger partial charge in [-0.05, 0) is 6.07 Å². The second kappa shape index (κ2) is 4.36. The van der Waals surface area contributed by atoms with Crippen molar-refractivity contribution in [2.75, 3.05) is 19.9 Å². The molecule has 0 spiro atoms. The van der Waals surface area contributed by atoms with Gasteiger partial charge < -0.3 is 10.5 Å². The van der Waals surface area contributed by atoms with Gasteiger partial charge in [-0.1, -0.05) is 0 Å². The summed E-state index contributed by atoms with van der Waals surface area (Å²) in [6, 6.07) is 1.67. The minimum Gasteiger partial charge on any atom is -0.492 e. The molecule has 0 aliphatic carbocycles. The zero-order chi connectivity index (χ0) is 10.6. The van der Waals surface area contributed by atoms with Gasteiger partial charge in [0.25, 0.3) is 0 Å². The van der Waals surface area contributed by atoms with Crippen molar-refractivity contribution in [1.29, 1.82) is 5.41 Å². The zero-order valence-electron chi connectivity index (χ0n) is 8.11. The molecule has 0 bridgehead atoms. The summed E-state index contributed by atoms with van der Waals surface area (Å²) in [5.74, 6) is 0.691. The number of hydrogen-bond acceptors (Lipinski definition) is 5. The lowest BCUT2D eigenvalue weighted by Gasteiger charge is -2.08. The SMILES string of the molecule is CN=CC(=N)c1ccnc(N)c1OC. The summed E-state index contributed by atoms with van der Waals surface area (Å²) >= 11 is 0. The topological polar surface area (TPSA) is 84.4 Å². The Kier molecular flexibility index (Phi) is 3.17. The molecule has 0 radical (unpaired) electrons. The quantitative estimate of drug-likeness (QED) is 0.693. The van der Waals surface area contributed by atoms with Gasteiger partial charge in [-0.25, -0.2) is 4.98 Å². The van der Waals surface area contributed by atoms with Crippen LogP contribution in [0.25, 0.3) is 0 Å². The average molecular weight is 192 g/mol. The highest BCUT2D eigenvalue weighted by molar-refractivity contribution is 6.37. The molecule has 74 valence electrons. The highest BCUT2D eigenvalue weighted by Crippen LogP contribution is 2.23. The number of ether oxygens (including phenoxy) is 1. The first-order chi connectivity index (χ1) is 6.70. The molecule has 0 aromatic carbocycles. The van der Waals surface area contributed by atoms with Crippen LogP contribution in [0, 0.1) is 5.41 Å². The minimum absolute atomic E-state index is 0.249. The Morgan fingerprint density at radius 2 is 2.43 bits per heavy atom. The average Bonchev–Trinajstić information content (AvgIpc) is 2.17. The minimum atomic E-state index is 0.249. The van der Waals surface area contributed by atoms with E-state index in [0.29, 0.717) is 11.3 Å². The molecule has 0 fully saturated rings. The van der Waals surface area contributed by atoms with Crippen LogP contribution in [0.4, 0.5) is 5.82 Å². The summed E-state index contributed by atoms with van der Waals surface area (Å²) in [5.41, 5.74) is 6.43. The van der Waals surface area contributed by atoms with Crippen LogP contribution in [0.3, 0.4) is 0 Å². The fraction of sp³-hybridized carbons (Fsp3) is 0.222. The number of nitrogens with one attached hydrogen (secondary N) is 1. The van der Waals surface area contributed by atoms with Gasteiger partial charge in [0, 0.05) is 25.0 Å². The van der Waals surface area contributed by atoms with Crippen molar-refractivity contribution in [1.82, 2.24) is 4.98 Å². The van der Waals surface area contributed by atoms with Crippen molar-refractivity contribution in [3.8, 4) is 5.75 Å². The van der Waals surface area contributed by atoms with E-state index in [1.54, 1.807) is 13.1 Å². The standard InChI is InChI=1S/C9H12N4O/c1-12-5-7(10)6-3-4-13-9(11)8(6)14-2/h3-5,10H,1-2H3,(H2,11,13). The first kappa shape index (κ1) is 10.2. The highest BCUT2D eigenvalue weighted by Gasteiger charge is 2.10. The predicted octanol–water partition coefficient (Wildman–Crippen LogP) is 0.741. The van der Waals surface area contributed by atoms with Crippen molar-refractivity contribution in [3.05, 3.63) is 17.8 Å². The lowest BCUT2D eigenvalue weighted by Crippen LogP contribution is -2.06. The molecule has 1 rings (SSSR count). The van der Waals surface area contributed by atoms with Crippen LogP contribution in [-0.4, -0.2) is 31.1 Å². The molecule has 0 saturated heterocycles. The second-order valence-corrected chi connectivity index (χ2v) is 2.58. The number of nitrogens with zero attached hydrogens (tertiary/aromatic N) is 2. The molecule has 1 heterocycles. The third kappa shape index (κ3) is 1.87. The fourth-order valence-corrected chi connectivity index (χ4v) is 1.09. The van der Waals surface area contributed by atoms with E-state index < -0.39 is 0 Å². The van der Waals surface area contributed by atoms with E-state index in [0.717, 1.165) is 0 Å². The number of aliphatic imine (C=N–C) groups is 1. The maximum atomic E-state index is 7.66. The van der Waals surface area contributed by atoms with E-state index in [4.69, 9.17) is 15.9 Å². The Morgan fingerprint density at radius 1 is 1.71 bits per heavy atom. The van der Waals surface area contributed by atoms with Gasteiger partial charge in [-0.15, -0.1) is 0 Å². The van der Waals surface area contributed by atoms with E-state index in [1.807, 2.05) is 0 Å². The van der Waals surface area contributed by atoms with Crippen LogP contribution in [0.1, 0.15) is 5.56 Å². The van der Waals surface area contributed by atoms with E-state index >= 15 is 0 Å². The van der Waals surface area contributed by atoms with Crippen LogP contribution in [0.15, 0.2) is 17.3 Å². The third-order valence-electron chi connectivity index (χ3n) is 1.68. The molecule has 0 amide bonds. The van der Waals surface area contributed by atoms with E-state index in [-0.39, 0.29) is 11.5 Å². The van der Waals surface area contributed by atoms with E-state index in [9.17, 15) is 0 Å². The number of nitrogen functional groups attached to an aromatic ring is 1. The third-order valence-corrected chi connectivity index (χ3v) is 1.68.